The van der Waals surface area contributed by atoms with E-state index in [2.05, 4.69) is 23.2 Å². The van der Waals surface area contributed by atoms with Gasteiger partial charge in [0.15, 0.2) is 12.1 Å². The molecule has 0 saturated heterocycles. The van der Waals surface area contributed by atoms with Crippen molar-refractivity contribution < 1.29 is 13.8 Å². The predicted molar refractivity (Wildman–Crippen MR) is 110 cm³/mol. The first-order chi connectivity index (χ1) is 13.7. The molecule has 0 saturated carbocycles. The van der Waals surface area contributed by atoms with E-state index in [0.29, 0.717) is 36.7 Å². The first kappa shape index (κ1) is 20.2. The Morgan fingerprint density at radius 2 is 1.86 bits per heavy atom. The number of carbonyl (C=O) groups excluding carboxylic acids is 1. The van der Waals surface area contributed by atoms with E-state index >= 15 is 0 Å². The predicted octanol–water partition coefficient (Wildman–Crippen LogP) is 3.97. The molecule has 0 unspecified atom stereocenters. The maximum absolute atomic E-state index is 11.4. The number of aromatic nitrogens is 2. The molecule has 3 rings (SSSR count). The molecule has 0 spiro atoms. The molecule has 7 heteroatoms. The summed E-state index contributed by atoms with van der Waals surface area (Å²) < 4.78 is 13.3. The van der Waals surface area contributed by atoms with E-state index in [0.717, 1.165) is 29.1 Å². The van der Waals surface area contributed by atoms with Gasteiger partial charge in [-0.15, -0.1) is 0 Å². The van der Waals surface area contributed by atoms with Crippen molar-refractivity contribution >= 4 is 31.0 Å². The number of imidazole rings is 1. The molecule has 144 valence electrons. The fraction of sp³-hybridized carbons (Fsp3) is 0.286. The summed E-state index contributed by atoms with van der Waals surface area (Å²) in [4.78, 5) is 15.8. The third-order valence-electron chi connectivity index (χ3n) is 4.28. The minimum absolute atomic E-state index is 0.373. The normalized spacial score (nSPS) is 11.1. The van der Waals surface area contributed by atoms with Crippen molar-refractivity contribution in [1.29, 1.82) is 5.26 Å². The van der Waals surface area contributed by atoms with Gasteiger partial charge in [0.1, 0.15) is 0 Å². The molecule has 0 amide bonds. The topological polar surface area (TPSA) is 77.1 Å². The first-order valence-electron chi connectivity index (χ1n) is 9.20. The minimum atomic E-state index is -1.04. The molecule has 1 heterocycles. The summed E-state index contributed by atoms with van der Waals surface area (Å²) in [7, 11) is -1.04. The van der Waals surface area contributed by atoms with Crippen LogP contribution in [0.1, 0.15) is 35.6 Å². The molecule has 3 aromatic rings. The number of nitriles is 1. The molecule has 0 aliphatic carbocycles. The smallest absolute Gasteiger partial charge is 0.205 e. The molecule has 0 bridgehead atoms. The van der Waals surface area contributed by atoms with E-state index in [1.54, 1.807) is 12.1 Å². The van der Waals surface area contributed by atoms with E-state index in [1.165, 1.54) is 0 Å². The van der Waals surface area contributed by atoms with Gasteiger partial charge >= 0.3 is 0 Å². The lowest BCUT2D eigenvalue weighted by molar-refractivity contribution is 0.111. The molecule has 0 fully saturated rings. The Morgan fingerprint density at radius 1 is 1.14 bits per heavy atom. The first-order valence-corrected chi connectivity index (χ1v) is 10.4. The zero-order chi connectivity index (χ0) is 19.9. The lowest BCUT2D eigenvalue weighted by Gasteiger charge is -2.16. The van der Waals surface area contributed by atoms with Crippen LogP contribution in [0.2, 0.25) is 0 Å². The van der Waals surface area contributed by atoms with Crippen LogP contribution in [0.4, 0.5) is 0 Å². The van der Waals surface area contributed by atoms with E-state index in [4.69, 9.17) is 14.3 Å². The number of benzene rings is 2. The van der Waals surface area contributed by atoms with Gasteiger partial charge in [-0.05, 0) is 56.2 Å². The molecule has 0 N–H and O–H groups in total. The van der Waals surface area contributed by atoms with Crippen LogP contribution in [-0.4, -0.2) is 29.1 Å². The average Bonchev–Trinajstić information content (AvgIpc) is 3.09. The van der Waals surface area contributed by atoms with E-state index < -0.39 is 8.38 Å². The molecule has 2 aromatic carbocycles. The van der Waals surface area contributed by atoms with Gasteiger partial charge in [0.2, 0.25) is 8.38 Å². The van der Waals surface area contributed by atoms with Crippen molar-refractivity contribution in [2.24, 2.45) is 0 Å². The number of nitrogens with zero attached hydrogens (tertiary/aromatic N) is 3. The Labute approximate surface area is 165 Å². The van der Waals surface area contributed by atoms with Crippen LogP contribution in [0.3, 0.4) is 0 Å². The maximum Gasteiger partial charge on any atom is 0.205 e. The molecule has 0 atom stereocenters. The second-order valence-electron chi connectivity index (χ2n) is 6.06. The molecule has 0 aliphatic rings. The Hall–Kier alpha value is -2.58. The number of carbonyl (C=O) groups is 1. The molecular weight excluding hydrogens is 373 g/mol. The summed E-state index contributed by atoms with van der Waals surface area (Å²) >= 11 is 0. The Balaban J connectivity index is 1.77. The SMILES string of the molecule is CCOP(OCC)c1ccc(CCn2c(C=O)nc3cc(C#N)ccc32)cc1. The van der Waals surface area contributed by atoms with Crippen LogP contribution in [0.5, 0.6) is 0 Å². The van der Waals surface area contributed by atoms with Crippen LogP contribution < -0.4 is 5.30 Å². The number of aryl methyl sites for hydroxylation is 2. The van der Waals surface area contributed by atoms with E-state index in [1.807, 2.05) is 36.6 Å². The van der Waals surface area contributed by atoms with Crippen molar-refractivity contribution in [1.82, 2.24) is 9.55 Å². The van der Waals surface area contributed by atoms with Crippen LogP contribution in [0, 0.1) is 11.3 Å². The van der Waals surface area contributed by atoms with Crippen molar-refractivity contribution in [3.05, 3.63) is 59.4 Å². The maximum atomic E-state index is 11.4. The van der Waals surface area contributed by atoms with Gasteiger partial charge in [-0.3, -0.25) is 4.79 Å². The molecular formula is C21H22N3O3P. The summed E-state index contributed by atoms with van der Waals surface area (Å²) in [5, 5.41) is 10.1. The van der Waals surface area contributed by atoms with Crippen LogP contribution in [-0.2, 0) is 22.0 Å². The molecule has 0 aliphatic heterocycles. The second kappa shape index (κ2) is 9.57. The molecule has 1 aromatic heterocycles. The quantitative estimate of drug-likeness (QED) is 0.405. The van der Waals surface area contributed by atoms with Gasteiger partial charge in [-0.25, -0.2) is 4.98 Å². The highest BCUT2D eigenvalue weighted by Crippen LogP contribution is 2.36. The average molecular weight is 395 g/mol. The van der Waals surface area contributed by atoms with Gasteiger partial charge < -0.3 is 13.6 Å². The molecule has 28 heavy (non-hydrogen) atoms. The van der Waals surface area contributed by atoms with E-state index in [-0.39, 0.29) is 0 Å². The second-order valence-corrected chi connectivity index (χ2v) is 7.61. The van der Waals surface area contributed by atoms with Crippen LogP contribution >= 0.6 is 8.38 Å². The van der Waals surface area contributed by atoms with Gasteiger partial charge in [0.05, 0.1) is 35.9 Å². The van der Waals surface area contributed by atoms with Crippen molar-refractivity contribution in [3.63, 3.8) is 0 Å². The van der Waals surface area contributed by atoms with Crippen LogP contribution in [0.15, 0.2) is 42.5 Å². The van der Waals surface area contributed by atoms with Gasteiger partial charge in [-0.2, -0.15) is 5.26 Å². The fourth-order valence-corrected chi connectivity index (χ4v) is 4.22. The van der Waals surface area contributed by atoms with Crippen molar-refractivity contribution in [3.8, 4) is 6.07 Å². The summed E-state index contributed by atoms with van der Waals surface area (Å²) in [6.45, 7) is 5.78. The lowest BCUT2D eigenvalue weighted by Crippen LogP contribution is -2.08. The Morgan fingerprint density at radius 3 is 2.46 bits per heavy atom. The van der Waals surface area contributed by atoms with Crippen molar-refractivity contribution in [2.45, 2.75) is 26.8 Å². The minimum Gasteiger partial charge on any atom is -0.331 e. The van der Waals surface area contributed by atoms with Crippen molar-refractivity contribution in [2.75, 3.05) is 13.2 Å². The summed E-state index contributed by atoms with van der Waals surface area (Å²) in [5.41, 5.74) is 3.20. The van der Waals surface area contributed by atoms with Gasteiger partial charge in [-0.1, -0.05) is 12.1 Å². The Kier molecular flexibility index (Phi) is 6.89. The van der Waals surface area contributed by atoms with Gasteiger partial charge in [0.25, 0.3) is 0 Å². The third-order valence-corrected chi connectivity index (χ3v) is 5.98. The molecule has 6 nitrogen and oxygen atoms in total. The number of rotatable bonds is 9. The zero-order valence-corrected chi connectivity index (χ0v) is 16.9. The highest BCUT2D eigenvalue weighted by atomic mass is 31.2. The van der Waals surface area contributed by atoms with Gasteiger partial charge in [0, 0.05) is 11.8 Å². The highest BCUT2D eigenvalue weighted by Gasteiger charge is 2.13. The summed E-state index contributed by atoms with van der Waals surface area (Å²) in [5.74, 6) is 0.373. The summed E-state index contributed by atoms with van der Waals surface area (Å²) in [6, 6.07) is 15.6. The number of hydrogen-bond acceptors (Lipinski definition) is 5. The lowest BCUT2D eigenvalue weighted by atomic mass is 10.1. The largest absolute Gasteiger partial charge is 0.331 e. The van der Waals surface area contributed by atoms with E-state index in [9.17, 15) is 4.79 Å². The highest BCUT2D eigenvalue weighted by molar-refractivity contribution is 7.56. The number of aldehydes is 1. The Bertz CT molecular complexity index is 987. The third kappa shape index (κ3) is 4.45. The number of fused-ring (bicyclic) bond motifs is 1. The fourth-order valence-electron chi connectivity index (χ4n) is 2.99. The monoisotopic (exact) mass is 395 g/mol. The standard InChI is InChI=1S/C21H22N3O3P/c1-3-26-28(27-4-2)18-8-5-16(6-9-18)11-12-24-20-10-7-17(14-22)13-19(20)23-21(24)15-25/h5-10,13,15H,3-4,11-12H2,1-2H3. The number of hydrogen-bond donors (Lipinski definition) is 0. The summed E-state index contributed by atoms with van der Waals surface area (Å²) in [6.07, 6.45) is 1.51. The molecule has 0 radical (unpaired) electrons. The zero-order valence-electron chi connectivity index (χ0n) is 16.0. The van der Waals surface area contributed by atoms with Crippen LogP contribution in [0.25, 0.3) is 11.0 Å².